The lowest BCUT2D eigenvalue weighted by molar-refractivity contribution is -0.119. The molecule has 0 unspecified atom stereocenters. The second kappa shape index (κ2) is 11.7. The molecular formula is C30H31N3O8. The fourth-order valence-electron chi connectivity index (χ4n) is 5.21. The van der Waals surface area contributed by atoms with Gasteiger partial charge in [0.15, 0.2) is 23.0 Å². The zero-order valence-electron chi connectivity index (χ0n) is 23.2. The number of methoxy groups -OCH3 is 3. The Balaban J connectivity index is 1.50. The van der Waals surface area contributed by atoms with Crippen LogP contribution in [0.5, 0.6) is 28.7 Å². The SMILES string of the molecule is COc1cc2c(c(OC)c1OC)-c1ccc(NCC(=O)Nc3ccc4c(c3)OCO4)c(=O)cc1[C@@H](NC(C)=O)CC2. The predicted molar refractivity (Wildman–Crippen MR) is 152 cm³/mol. The van der Waals surface area contributed by atoms with E-state index in [4.69, 9.17) is 23.7 Å². The lowest BCUT2D eigenvalue weighted by atomic mass is 9.95. The number of carbonyl (C=O) groups excluding carboxylic acids is 2. The molecule has 0 saturated carbocycles. The molecule has 214 valence electrons. The van der Waals surface area contributed by atoms with Crippen molar-refractivity contribution in [2.45, 2.75) is 25.8 Å². The Bertz CT molecular complexity index is 1570. The van der Waals surface area contributed by atoms with Crippen molar-refractivity contribution in [1.82, 2.24) is 5.32 Å². The van der Waals surface area contributed by atoms with E-state index in [1.54, 1.807) is 44.6 Å². The number of rotatable bonds is 8. The number of aryl methyl sites for hydroxylation is 1. The van der Waals surface area contributed by atoms with E-state index in [9.17, 15) is 14.4 Å². The van der Waals surface area contributed by atoms with E-state index < -0.39 is 6.04 Å². The predicted octanol–water partition coefficient (Wildman–Crippen LogP) is 3.64. The molecular weight excluding hydrogens is 530 g/mol. The molecule has 41 heavy (non-hydrogen) atoms. The molecule has 0 spiro atoms. The minimum Gasteiger partial charge on any atom is -0.493 e. The van der Waals surface area contributed by atoms with E-state index in [1.165, 1.54) is 20.1 Å². The van der Waals surface area contributed by atoms with Crippen molar-refractivity contribution in [1.29, 1.82) is 0 Å². The van der Waals surface area contributed by atoms with E-state index in [1.807, 2.05) is 6.07 Å². The maximum Gasteiger partial charge on any atom is 0.243 e. The molecule has 1 heterocycles. The van der Waals surface area contributed by atoms with Crippen LogP contribution in [0.1, 0.15) is 30.5 Å². The molecule has 1 aliphatic carbocycles. The number of carbonyl (C=O) groups is 2. The number of ether oxygens (including phenoxy) is 5. The number of amides is 2. The number of hydrogen-bond acceptors (Lipinski definition) is 9. The molecule has 0 radical (unpaired) electrons. The summed E-state index contributed by atoms with van der Waals surface area (Å²) in [5.74, 6) is 1.99. The van der Waals surface area contributed by atoms with Crippen LogP contribution in [0.4, 0.5) is 11.4 Å². The first-order valence-corrected chi connectivity index (χ1v) is 13.0. The molecule has 1 atom stereocenters. The first kappa shape index (κ1) is 27.6. The Labute approximate surface area is 236 Å². The fourth-order valence-corrected chi connectivity index (χ4v) is 5.21. The fraction of sp³-hybridized carbons (Fsp3) is 0.300. The summed E-state index contributed by atoms with van der Waals surface area (Å²) in [5, 5.41) is 8.71. The van der Waals surface area contributed by atoms with Crippen molar-refractivity contribution in [3.8, 4) is 39.9 Å². The van der Waals surface area contributed by atoms with Gasteiger partial charge in [-0.2, -0.15) is 0 Å². The number of anilines is 2. The average molecular weight is 562 g/mol. The van der Waals surface area contributed by atoms with Crippen LogP contribution in [0.2, 0.25) is 0 Å². The van der Waals surface area contributed by atoms with Crippen molar-refractivity contribution >= 4 is 23.2 Å². The van der Waals surface area contributed by atoms with Gasteiger partial charge in [-0.25, -0.2) is 0 Å². The maximum absolute atomic E-state index is 13.4. The molecule has 1 aliphatic heterocycles. The molecule has 0 aromatic heterocycles. The normalized spacial score (nSPS) is 14.6. The van der Waals surface area contributed by atoms with Crippen LogP contribution in [-0.2, 0) is 16.0 Å². The van der Waals surface area contributed by atoms with Crippen LogP contribution in [0.25, 0.3) is 11.1 Å². The van der Waals surface area contributed by atoms with Gasteiger partial charge in [-0.1, -0.05) is 6.07 Å². The summed E-state index contributed by atoms with van der Waals surface area (Å²) in [5.41, 5.74) is 3.43. The van der Waals surface area contributed by atoms with Crippen LogP contribution in [0.3, 0.4) is 0 Å². The monoisotopic (exact) mass is 561 g/mol. The van der Waals surface area contributed by atoms with Gasteiger partial charge < -0.3 is 39.6 Å². The minimum atomic E-state index is -0.432. The summed E-state index contributed by atoms with van der Waals surface area (Å²) in [7, 11) is 4.63. The lowest BCUT2D eigenvalue weighted by Gasteiger charge is -2.19. The minimum absolute atomic E-state index is 0.134. The molecule has 0 bridgehead atoms. The van der Waals surface area contributed by atoms with Gasteiger partial charge in [0.05, 0.1) is 39.6 Å². The van der Waals surface area contributed by atoms with Crippen LogP contribution >= 0.6 is 0 Å². The standard InChI is InChI=1S/C30H31N3O8/c1-16(34)32-21-8-5-17-11-26(37-2)29(38-3)30(39-4)28(17)19-7-9-22(23(35)13-20(19)21)31-14-27(36)33-18-6-10-24-25(12-18)41-15-40-24/h6-7,9-13,21H,5,8,14-15H2,1-4H3,(H,31,35)(H,32,34)(H,33,36)/t21-/m0/s1. The van der Waals surface area contributed by atoms with Crippen LogP contribution < -0.4 is 45.1 Å². The van der Waals surface area contributed by atoms with Crippen molar-refractivity contribution in [2.24, 2.45) is 0 Å². The number of hydrogen-bond donors (Lipinski definition) is 3. The second-order valence-corrected chi connectivity index (χ2v) is 9.57. The number of fused-ring (bicyclic) bond motifs is 4. The Hall–Kier alpha value is -4.93. The summed E-state index contributed by atoms with van der Waals surface area (Å²) in [6.45, 7) is 1.42. The molecule has 0 fully saturated rings. The van der Waals surface area contributed by atoms with Crippen LogP contribution in [0.15, 0.2) is 47.3 Å². The van der Waals surface area contributed by atoms with Gasteiger partial charge in [-0.3, -0.25) is 14.4 Å². The Morgan fingerprint density at radius 2 is 1.73 bits per heavy atom. The van der Waals surface area contributed by atoms with Crippen molar-refractivity contribution in [3.63, 3.8) is 0 Å². The highest BCUT2D eigenvalue weighted by Crippen LogP contribution is 2.50. The Kier molecular flexibility index (Phi) is 7.86. The van der Waals surface area contributed by atoms with Crippen molar-refractivity contribution < 1.29 is 33.3 Å². The quantitative estimate of drug-likeness (QED) is 0.377. The largest absolute Gasteiger partial charge is 0.493 e. The van der Waals surface area contributed by atoms with Gasteiger partial charge in [-0.05, 0) is 59.9 Å². The first-order chi connectivity index (χ1) is 19.8. The van der Waals surface area contributed by atoms with Gasteiger partial charge in [0.2, 0.25) is 29.8 Å². The summed E-state index contributed by atoms with van der Waals surface area (Å²) in [6, 6.07) is 11.5. The third kappa shape index (κ3) is 5.56. The van der Waals surface area contributed by atoms with Gasteiger partial charge in [0.25, 0.3) is 0 Å². The van der Waals surface area contributed by atoms with E-state index in [0.717, 1.165) is 11.1 Å². The van der Waals surface area contributed by atoms with Crippen molar-refractivity contribution in [3.05, 3.63) is 63.8 Å². The zero-order valence-corrected chi connectivity index (χ0v) is 23.2. The highest BCUT2D eigenvalue weighted by atomic mass is 16.7. The molecule has 5 rings (SSSR count). The van der Waals surface area contributed by atoms with E-state index in [-0.39, 0.29) is 36.3 Å². The molecule has 11 nitrogen and oxygen atoms in total. The van der Waals surface area contributed by atoms with Crippen LogP contribution in [-0.4, -0.2) is 46.5 Å². The zero-order chi connectivity index (χ0) is 29.1. The van der Waals surface area contributed by atoms with Crippen LogP contribution in [0, 0.1) is 0 Å². The van der Waals surface area contributed by atoms with Crippen molar-refractivity contribution in [2.75, 3.05) is 45.3 Å². The van der Waals surface area contributed by atoms with Gasteiger partial charge in [-0.15, -0.1) is 0 Å². The molecule has 2 amide bonds. The molecule has 2 aliphatic rings. The first-order valence-electron chi connectivity index (χ1n) is 13.0. The summed E-state index contributed by atoms with van der Waals surface area (Å²) < 4.78 is 27.6. The maximum atomic E-state index is 13.4. The Morgan fingerprint density at radius 3 is 2.46 bits per heavy atom. The topological polar surface area (TPSA) is 133 Å². The second-order valence-electron chi connectivity index (χ2n) is 9.57. The Morgan fingerprint density at radius 1 is 0.951 bits per heavy atom. The summed E-state index contributed by atoms with van der Waals surface area (Å²) in [4.78, 5) is 38.2. The molecule has 3 aromatic rings. The molecule has 3 aromatic carbocycles. The lowest BCUT2D eigenvalue weighted by Crippen LogP contribution is -2.27. The van der Waals surface area contributed by atoms with Gasteiger partial charge >= 0.3 is 0 Å². The molecule has 0 saturated heterocycles. The summed E-state index contributed by atoms with van der Waals surface area (Å²) >= 11 is 0. The highest BCUT2D eigenvalue weighted by molar-refractivity contribution is 5.94. The van der Waals surface area contributed by atoms with Gasteiger partial charge in [0, 0.05) is 24.2 Å². The molecule has 11 heteroatoms. The highest BCUT2D eigenvalue weighted by Gasteiger charge is 2.29. The average Bonchev–Trinajstić information content (AvgIpc) is 3.30. The van der Waals surface area contributed by atoms with E-state index in [0.29, 0.717) is 58.4 Å². The van der Waals surface area contributed by atoms with E-state index >= 15 is 0 Å². The van der Waals surface area contributed by atoms with Gasteiger partial charge in [0.1, 0.15) is 0 Å². The third-order valence-corrected chi connectivity index (χ3v) is 7.01. The number of benzene rings is 2. The molecule has 3 N–H and O–H groups in total. The van der Waals surface area contributed by atoms with E-state index in [2.05, 4.69) is 16.0 Å². The number of nitrogens with one attached hydrogen (secondary N) is 3. The third-order valence-electron chi connectivity index (χ3n) is 7.01. The smallest absolute Gasteiger partial charge is 0.243 e. The summed E-state index contributed by atoms with van der Waals surface area (Å²) in [6.07, 6.45) is 1.14.